The first-order chi connectivity index (χ1) is 8.13. The summed E-state index contributed by atoms with van der Waals surface area (Å²) in [6.45, 7) is 7.18. The highest BCUT2D eigenvalue weighted by Crippen LogP contribution is 2.27. The molecular formula is C14H19N3. The zero-order valence-electron chi connectivity index (χ0n) is 10.9. The quantitative estimate of drug-likeness (QED) is 0.849. The number of rotatable bonds is 3. The minimum atomic E-state index is 0.823. The number of nitrogens with zero attached hydrogens (tertiary/aromatic N) is 1. The molecule has 0 amide bonds. The van der Waals surface area contributed by atoms with Gasteiger partial charge in [-0.25, -0.2) is 0 Å². The van der Waals surface area contributed by atoms with Crippen LogP contribution in [0.1, 0.15) is 22.4 Å². The van der Waals surface area contributed by atoms with Gasteiger partial charge in [-0.3, -0.25) is 5.10 Å². The fourth-order valence-electron chi connectivity index (χ4n) is 2.04. The Bertz CT molecular complexity index is 526. The van der Waals surface area contributed by atoms with Crippen molar-refractivity contribution in [2.45, 2.75) is 27.3 Å². The van der Waals surface area contributed by atoms with Gasteiger partial charge in [0, 0.05) is 12.1 Å². The zero-order chi connectivity index (χ0) is 12.4. The van der Waals surface area contributed by atoms with Crippen LogP contribution in [0.25, 0.3) is 11.3 Å². The third-order valence-electron chi connectivity index (χ3n) is 3.11. The summed E-state index contributed by atoms with van der Waals surface area (Å²) in [6.07, 6.45) is 0. The predicted octanol–water partition coefficient (Wildman–Crippen LogP) is 2.72. The predicted molar refractivity (Wildman–Crippen MR) is 71.0 cm³/mol. The van der Waals surface area contributed by atoms with Crippen molar-refractivity contribution in [3.05, 3.63) is 40.6 Å². The Labute approximate surface area is 102 Å². The van der Waals surface area contributed by atoms with Crippen LogP contribution in [-0.2, 0) is 6.54 Å². The Morgan fingerprint density at radius 1 is 1.24 bits per heavy atom. The van der Waals surface area contributed by atoms with E-state index in [1.165, 1.54) is 22.3 Å². The number of hydrogen-bond acceptors (Lipinski definition) is 2. The molecule has 17 heavy (non-hydrogen) atoms. The van der Waals surface area contributed by atoms with Gasteiger partial charge in [-0.1, -0.05) is 17.7 Å². The summed E-state index contributed by atoms with van der Waals surface area (Å²) >= 11 is 0. The van der Waals surface area contributed by atoms with Crippen LogP contribution in [0.3, 0.4) is 0 Å². The van der Waals surface area contributed by atoms with E-state index in [0.29, 0.717) is 0 Å². The molecule has 0 saturated heterocycles. The Hall–Kier alpha value is -1.61. The standard InChI is InChI=1S/C14H19N3/c1-9-5-6-10(2)12(7-9)14-11(3)13(8-15-4)16-17-14/h5-7,15H,8H2,1-4H3,(H,16,17). The second-order valence-corrected chi connectivity index (χ2v) is 4.52. The minimum absolute atomic E-state index is 0.823. The largest absolute Gasteiger partial charge is 0.314 e. The molecular weight excluding hydrogens is 210 g/mol. The molecule has 0 saturated carbocycles. The van der Waals surface area contributed by atoms with Crippen LogP contribution < -0.4 is 5.32 Å². The molecule has 2 rings (SSSR count). The van der Waals surface area contributed by atoms with Crippen LogP contribution >= 0.6 is 0 Å². The second-order valence-electron chi connectivity index (χ2n) is 4.52. The van der Waals surface area contributed by atoms with Crippen molar-refractivity contribution < 1.29 is 0 Å². The topological polar surface area (TPSA) is 40.7 Å². The van der Waals surface area contributed by atoms with Crippen LogP contribution in [0, 0.1) is 20.8 Å². The van der Waals surface area contributed by atoms with Crippen molar-refractivity contribution in [1.29, 1.82) is 0 Å². The van der Waals surface area contributed by atoms with Gasteiger partial charge in [-0.15, -0.1) is 0 Å². The van der Waals surface area contributed by atoms with Crippen molar-refractivity contribution in [1.82, 2.24) is 15.5 Å². The number of aromatic amines is 1. The monoisotopic (exact) mass is 229 g/mol. The third kappa shape index (κ3) is 2.24. The molecule has 0 aliphatic rings. The van der Waals surface area contributed by atoms with E-state index < -0.39 is 0 Å². The van der Waals surface area contributed by atoms with Gasteiger partial charge in [0.2, 0.25) is 0 Å². The normalized spacial score (nSPS) is 10.8. The average molecular weight is 229 g/mol. The summed E-state index contributed by atoms with van der Waals surface area (Å²) in [4.78, 5) is 0. The van der Waals surface area contributed by atoms with Gasteiger partial charge >= 0.3 is 0 Å². The number of hydrogen-bond donors (Lipinski definition) is 2. The summed E-state index contributed by atoms with van der Waals surface area (Å²) in [5.74, 6) is 0. The van der Waals surface area contributed by atoms with Gasteiger partial charge in [-0.05, 0) is 45.0 Å². The Balaban J connectivity index is 2.49. The van der Waals surface area contributed by atoms with E-state index in [0.717, 1.165) is 17.9 Å². The maximum Gasteiger partial charge on any atom is 0.0955 e. The lowest BCUT2D eigenvalue weighted by atomic mass is 10.00. The number of aromatic nitrogens is 2. The zero-order valence-corrected chi connectivity index (χ0v) is 10.9. The fourth-order valence-corrected chi connectivity index (χ4v) is 2.04. The van der Waals surface area contributed by atoms with Crippen molar-refractivity contribution >= 4 is 0 Å². The first-order valence-electron chi connectivity index (χ1n) is 5.89. The van der Waals surface area contributed by atoms with Crippen molar-refractivity contribution in [3.8, 4) is 11.3 Å². The molecule has 2 N–H and O–H groups in total. The molecule has 0 bridgehead atoms. The molecule has 3 heteroatoms. The van der Waals surface area contributed by atoms with Crippen molar-refractivity contribution in [3.63, 3.8) is 0 Å². The molecule has 2 aromatic rings. The maximum atomic E-state index is 4.44. The smallest absolute Gasteiger partial charge is 0.0955 e. The molecule has 0 fully saturated rings. The summed E-state index contributed by atoms with van der Waals surface area (Å²) in [6, 6.07) is 6.48. The molecule has 0 aliphatic heterocycles. The molecule has 0 unspecified atom stereocenters. The van der Waals surface area contributed by atoms with Gasteiger partial charge < -0.3 is 5.32 Å². The summed E-state index contributed by atoms with van der Waals surface area (Å²) in [7, 11) is 1.94. The second kappa shape index (κ2) is 4.72. The number of benzene rings is 1. The third-order valence-corrected chi connectivity index (χ3v) is 3.11. The molecule has 0 aliphatic carbocycles. The Kier molecular flexibility index (Phi) is 3.29. The van der Waals surface area contributed by atoms with E-state index in [4.69, 9.17) is 0 Å². The minimum Gasteiger partial charge on any atom is -0.314 e. The van der Waals surface area contributed by atoms with Crippen LogP contribution in [0.15, 0.2) is 18.2 Å². The van der Waals surface area contributed by atoms with Crippen molar-refractivity contribution in [2.75, 3.05) is 7.05 Å². The van der Waals surface area contributed by atoms with E-state index >= 15 is 0 Å². The lowest BCUT2D eigenvalue weighted by molar-refractivity contribution is 0.779. The number of nitrogens with one attached hydrogen (secondary N) is 2. The van der Waals surface area contributed by atoms with Gasteiger partial charge in [0.15, 0.2) is 0 Å². The fraction of sp³-hybridized carbons (Fsp3) is 0.357. The molecule has 1 aromatic heterocycles. The number of aryl methyl sites for hydroxylation is 2. The van der Waals surface area contributed by atoms with Crippen LogP contribution in [0.5, 0.6) is 0 Å². The van der Waals surface area contributed by atoms with Crippen LogP contribution in [-0.4, -0.2) is 17.2 Å². The highest BCUT2D eigenvalue weighted by molar-refractivity contribution is 5.67. The van der Waals surface area contributed by atoms with E-state index in [1.54, 1.807) is 0 Å². The SMILES string of the molecule is CNCc1[nH]nc(-c2cc(C)ccc2C)c1C. The van der Waals surface area contributed by atoms with Gasteiger partial charge in [0.05, 0.1) is 11.4 Å². The lowest BCUT2D eigenvalue weighted by Gasteiger charge is -2.05. The van der Waals surface area contributed by atoms with Gasteiger partial charge in [-0.2, -0.15) is 5.10 Å². The highest BCUT2D eigenvalue weighted by Gasteiger charge is 2.12. The molecule has 1 heterocycles. The molecule has 3 nitrogen and oxygen atoms in total. The molecule has 0 radical (unpaired) electrons. The van der Waals surface area contributed by atoms with Crippen LogP contribution in [0.4, 0.5) is 0 Å². The first-order valence-corrected chi connectivity index (χ1v) is 5.89. The molecule has 0 atom stereocenters. The highest BCUT2D eigenvalue weighted by atomic mass is 15.1. The summed E-state index contributed by atoms with van der Waals surface area (Å²) in [5.41, 5.74) is 7.21. The van der Waals surface area contributed by atoms with Gasteiger partial charge in [0.1, 0.15) is 0 Å². The van der Waals surface area contributed by atoms with E-state index in [-0.39, 0.29) is 0 Å². The molecule has 1 aromatic carbocycles. The van der Waals surface area contributed by atoms with E-state index in [1.807, 2.05) is 7.05 Å². The lowest BCUT2D eigenvalue weighted by Crippen LogP contribution is -2.06. The van der Waals surface area contributed by atoms with Crippen LogP contribution in [0.2, 0.25) is 0 Å². The summed E-state index contributed by atoms with van der Waals surface area (Å²) < 4.78 is 0. The Morgan fingerprint density at radius 2 is 2.00 bits per heavy atom. The molecule has 0 spiro atoms. The molecule has 90 valence electrons. The average Bonchev–Trinajstić information content (AvgIpc) is 2.65. The van der Waals surface area contributed by atoms with E-state index in [2.05, 4.69) is 54.5 Å². The van der Waals surface area contributed by atoms with Crippen molar-refractivity contribution in [2.24, 2.45) is 0 Å². The number of H-pyrrole nitrogens is 1. The Morgan fingerprint density at radius 3 is 2.71 bits per heavy atom. The first kappa shape index (κ1) is 11.9. The maximum absolute atomic E-state index is 4.44. The van der Waals surface area contributed by atoms with E-state index in [9.17, 15) is 0 Å². The summed E-state index contributed by atoms with van der Waals surface area (Å²) in [5, 5.41) is 10.7. The van der Waals surface area contributed by atoms with Gasteiger partial charge in [0.25, 0.3) is 0 Å².